The number of rotatable bonds is 3. The molecule has 62 valence electrons. The number of allylic oxidation sites excluding steroid dienone is 1. The van der Waals surface area contributed by atoms with Gasteiger partial charge in [-0.05, 0) is 13.3 Å². The third kappa shape index (κ3) is 2.53. The maximum atomic E-state index is 11.0. The van der Waals surface area contributed by atoms with Gasteiger partial charge in [-0.15, -0.1) is 0 Å². The van der Waals surface area contributed by atoms with Gasteiger partial charge in [-0.25, -0.2) is 4.79 Å². The van der Waals surface area contributed by atoms with Crippen molar-refractivity contribution < 1.29 is 14.3 Å². The van der Waals surface area contributed by atoms with Crippen LogP contribution in [0.15, 0.2) is 11.6 Å². The average Bonchev–Trinajstić information content (AvgIpc) is 2.05. The van der Waals surface area contributed by atoms with Crippen molar-refractivity contribution in [2.75, 3.05) is 7.11 Å². The molecule has 0 amide bonds. The molecule has 0 aliphatic heterocycles. The fourth-order valence-electron chi connectivity index (χ4n) is 0.720. The molecule has 0 saturated carbocycles. The maximum Gasteiger partial charge on any atom is 0.379 e. The molecule has 0 unspecified atom stereocenters. The first-order chi connectivity index (χ1) is 5.17. The van der Waals surface area contributed by atoms with E-state index in [0.29, 0.717) is 12.0 Å². The van der Waals surface area contributed by atoms with Crippen molar-refractivity contribution in [1.82, 2.24) is 0 Å². The Bertz CT molecular complexity index is 192. The summed E-state index contributed by atoms with van der Waals surface area (Å²) in [6, 6.07) is 0. The fourth-order valence-corrected chi connectivity index (χ4v) is 0.720. The Kier molecular flexibility index (Phi) is 4.18. The van der Waals surface area contributed by atoms with E-state index in [1.54, 1.807) is 13.0 Å². The highest BCUT2D eigenvalue weighted by atomic mass is 16.5. The normalized spacial score (nSPS) is 11.0. The Hall–Kier alpha value is -1.12. The molecule has 0 N–H and O–H groups in total. The van der Waals surface area contributed by atoms with Crippen molar-refractivity contribution >= 4 is 11.8 Å². The Balaban J connectivity index is 4.35. The molecule has 0 atom stereocenters. The van der Waals surface area contributed by atoms with E-state index in [2.05, 4.69) is 4.74 Å². The topological polar surface area (TPSA) is 43.4 Å². The quantitative estimate of drug-likeness (QED) is 0.349. The van der Waals surface area contributed by atoms with Crippen molar-refractivity contribution in [1.29, 1.82) is 0 Å². The summed E-state index contributed by atoms with van der Waals surface area (Å²) in [5.74, 6) is -1.34. The monoisotopic (exact) mass is 156 g/mol. The molecule has 0 rings (SSSR count). The summed E-state index contributed by atoms with van der Waals surface area (Å²) >= 11 is 0. The summed E-state index contributed by atoms with van der Waals surface area (Å²) < 4.78 is 4.27. The number of esters is 1. The summed E-state index contributed by atoms with van der Waals surface area (Å²) in [5, 5.41) is 0. The van der Waals surface area contributed by atoms with Crippen LogP contribution in [0.5, 0.6) is 0 Å². The van der Waals surface area contributed by atoms with Crippen LogP contribution in [-0.2, 0) is 14.3 Å². The van der Waals surface area contributed by atoms with Gasteiger partial charge >= 0.3 is 5.97 Å². The summed E-state index contributed by atoms with van der Waals surface area (Å²) in [6.07, 6.45) is 2.18. The van der Waals surface area contributed by atoms with Crippen LogP contribution in [0.4, 0.5) is 0 Å². The molecule has 0 aliphatic rings. The second-order valence-electron chi connectivity index (χ2n) is 1.99. The minimum Gasteiger partial charge on any atom is -0.463 e. The molecule has 0 bridgehead atoms. The maximum absolute atomic E-state index is 11.0. The SMILES string of the molecule is C/C=C(\CC)C(=O)C(=O)OC. The van der Waals surface area contributed by atoms with E-state index >= 15 is 0 Å². The Morgan fingerprint density at radius 2 is 2.00 bits per heavy atom. The van der Waals surface area contributed by atoms with E-state index < -0.39 is 11.8 Å². The first-order valence-corrected chi connectivity index (χ1v) is 3.45. The lowest BCUT2D eigenvalue weighted by atomic mass is 10.1. The van der Waals surface area contributed by atoms with Gasteiger partial charge in [0.2, 0.25) is 0 Å². The van der Waals surface area contributed by atoms with E-state index in [-0.39, 0.29) is 0 Å². The molecule has 3 heteroatoms. The number of ketones is 1. The second-order valence-corrected chi connectivity index (χ2v) is 1.99. The largest absolute Gasteiger partial charge is 0.463 e. The van der Waals surface area contributed by atoms with Crippen molar-refractivity contribution in [3.05, 3.63) is 11.6 Å². The van der Waals surface area contributed by atoms with Crippen LogP contribution in [0.1, 0.15) is 20.3 Å². The Morgan fingerprint density at radius 3 is 2.27 bits per heavy atom. The van der Waals surface area contributed by atoms with Gasteiger partial charge in [0.15, 0.2) is 0 Å². The first kappa shape index (κ1) is 9.88. The highest BCUT2D eigenvalue weighted by Gasteiger charge is 2.16. The number of methoxy groups -OCH3 is 1. The fraction of sp³-hybridized carbons (Fsp3) is 0.500. The summed E-state index contributed by atoms with van der Waals surface area (Å²) in [6.45, 7) is 3.54. The highest BCUT2D eigenvalue weighted by molar-refractivity contribution is 6.40. The lowest BCUT2D eigenvalue weighted by Crippen LogP contribution is -2.17. The van der Waals surface area contributed by atoms with Gasteiger partial charge in [0, 0.05) is 5.57 Å². The van der Waals surface area contributed by atoms with Crippen molar-refractivity contribution in [2.45, 2.75) is 20.3 Å². The summed E-state index contributed by atoms with van der Waals surface area (Å²) in [4.78, 5) is 21.7. The predicted molar refractivity (Wildman–Crippen MR) is 41.1 cm³/mol. The number of Topliss-reactive ketones (excluding diaryl/α,β-unsaturated/α-hetero) is 1. The van der Waals surface area contributed by atoms with Crippen LogP contribution in [0.3, 0.4) is 0 Å². The van der Waals surface area contributed by atoms with Gasteiger partial charge in [-0.3, -0.25) is 4.79 Å². The smallest absolute Gasteiger partial charge is 0.379 e. The number of carbonyl (C=O) groups is 2. The van der Waals surface area contributed by atoms with E-state index in [0.717, 1.165) is 0 Å². The predicted octanol–water partition coefficient (Wildman–Crippen LogP) is 1.08. The molecule has 0 fully saturated rings. The third-order valence-electron chi connectivity index (χ3n) is 1.39. The number of ether oxygens (including phenoxy) is 1. The van der Waals surface area contributed by atoms with Crippen LogP contribution < -0.4 is 0 Å². The van der Waals surface area contributed by atoms with Gasteiger partial charge in [-0.2, -0.15) is 0 Å². The molecule has 11 heavy (non-hydrogen) atoms. The average molecular weight is 156 g/mol. The van der Waals surface area contributed by atoms with Crippen LogP contribution in [0.25, 0.3) is 0 Å². The van der Waals surface area contributed by atoms with Gasteiger partial charge < -0.3 is 4.74 Å². The zero-order valence-electron chi connectivity index (χ0n) is 7.01. The summed E-state index contributed by atoms with van der Waals surface area (Å²) in [7, 11) is 1.20. The van der Waals surface area contributed by atoms with Crippen molar-refractivity contribution in [2.24, 2.45) is 0 Å². The minimum absolute atomic E-state index is 0.497. The molecule has 0 spiro atoms. The van der Waals surface area contributed by atoms with Crippen LogP contribution >= 0.6 is 0 Å². The number of hydrogen-bond donors (Lipinski definition) is 0. The molecule has 3 nitrogen and oxygen atoms in total. The van der Waals surface area contributed by atoms with E-state index in [1.807, 2.05) is 6.92 Å². The van der Waals surface area contributed by atoms with Gasteiger partial charge in [0.05, 0.1) is 7.11 Å². The number of hydrogen-bond acceptors (Lipinski definition) is 3. The molecule has 0 aromatic rings. The molecular weight excluding hydrogens is 144 g/mol. The zero-order chi connectivity index (χ0) is 8.85. The molecule has 0 aliphatic carbocycles. The van der Waals surface area contributed by atoms with Gasteiger partial charge in [0.25, 0.3) is 5.78 Å². The van der Waals surface area contributed by atoms with E-state index in [1.165, 1.54) is 7.11 Å². The van der Waals surface area contributed by atoms with Gasteiger partial charge in [0.1, 0.15) is 0 Å². The third-order valence-corrected chi connectivity index (χ3v) is 1.39. The van der Waals surface area contributed by atoms with E-state index in [4.69, 9.17) is 0 Å². The second kappa shape index (κ2) is 4.66. The summed E-state index contributed by atoms with van der Waals surface area (Å²) in [5.41, 5.74) is 0.497. The Labute approximate surface area is 66.0 Å². The number of carbonyl (C=O) groups excluding carboxylic acids is 2. The molecule has 0 heterocycles. The van der Waals surface area contributed by atoms with E-state index in [9.17, 15) is 9.59 Å². The standard InChI is InChI=1S/C8H12O3/c1-4-6(5-2)7(9)8(10)11-3/h4H,5H2,1-3H3/b6-4+. The lowest BCUT2D eigenvalue weighted by Gasteiger charge is -1.99. The molecule has 0 aromatic heterocycles. The van der Waals surface area contributed by atoms with Crippen LogP contribution in [0, 0.1) is 0 Å². The van der Waals surface area contributed by atoms with Crippen LogP contribution in [-0.4, -0.2) is 18.9 Å². The molecular formula is C8H12O3. The highest BCUT2D eigenvalue weighted by Crippen LogP contribution is 2.02. The molecule has 0 saturated heterocycles. The zero-order valence-corrected chi connectivity index (χ0v) is 7.01. The van der Waals surface area contributed by atoms with Crippen molar-refractivity contribution in [3.63, 3.8) is 0 Å². The first-order valence-electron chi connectivity index (χ1n) is 3.45. The molecule has 0 aromatic carbocycles. The Morgan fingerprint density at radius 1 is 1.45 bits per heavy atom. The van der Waals surface area contributed by atoms with Crippen LogP contribution in [0.2, 0.25) is 0 Å². The van der Waals surface area contributed by atoms with Gasteiger partial charge in [-0.1, -0.05) is 13.0 Å². The molecule has 0 radical (unpaired) electrons. The lowest BCUT2D eigenvalue weighted by molar-refractivity contribution is -0.149. The minimum atomic E-state index is -0.792. The van der Waals surface area contributed by atoms with Crippen molar-refractivity contribution in [3.8, 4) is 0 Å².